The molecule has 0 saturated carbocycles. The lowest BCUT2D eigenvalue weighted by molar-refractivity contribution is 0.0317. The molecule has 0 aliphatic heterocycles. The minimum Gasteiger partial charge on any atom is -0.389 e. The van der Waals surface area contributed by atoms with Crippen LogP contribution < -0.4 is 5.32 Å². The van der Waals surface area contributed by atoms with Gasteiger partial charge in [0.15, 0.2) is 0 Å². The van der Waals surface area contributed by atoms with Crippen molar-refractivity contribution in [3.8, 4) is 0 Å². The van der Waals surface area contributed by atoms with Crippen LogP contribution in [-0.4, -0.2) is 31.0 Å². The maximum atomic E-state index is 13.2. The van der Waals surface area contributed by atoms with Gasteiger partial charge in [-0.25, -0.2) is 4.39 Å². The van der Waals surface area contributed by atoms with Gasteiger partial charge in [0.2, 0.25) is 0 Å². The second kappa shape index (κ2) is 7.25. The Hall–Kier alpha value is -1.13. The third-order valence-electron chi connectivity index (χ3n) is 2.16. The van der Waals surface area contributed by atoms with E-state index in [-0.39, 0.29) is 19.0 Å². The number of ether oxygens (including phenoxy) is 1. The van der Waals surface area contributed by atoms with Crippen LogP contribution in [0.1, 0.15) is 13.8 Å². The molecule has 96 valence electrons. The van der Waals surface area contributed by atoms with Crippen LogP contribution in [0.2, 0.25) is 0 Å². The van der Waals surface area contributed by atoms with Crippen LogP contribution in [0.3, 0.4) is 0 Å². The predicted octanol–water partition coefficient (Wildman–Crippen LogP) is 2.27. The normalized spacial score (nSPS) is 12.8. The van der Waals surface area contributed by atoms with E-state index in [1.54, 1.807) is 18.2 Å². The molecule has 0 spiro atoms. The molecule has 17 heavy (non-hydrogen) atoms. The van der Waals surface area contributed by atoms with Gasteiger partial charge >= 0.3 is 0 Å². The van der Waals surface area contributed by atoms with E-state index in [2.05, 4.69) is 5.32 Å². The largest absolute Gasteiger partial charge is 0.389 e. The number of para-hydroxylation sites is 1. The number of hydrogen-bond acceptors (Lipinski definition) is 3. The average Bonchev–Trinajstić information content (AvgIpc) is 2.27. The van der Waals surface area contributed by atoms with Crippen molar-refractivity contribution in [3.05, 3.63) is 30.1 Å². The van der Waals surface area contributed by atoms with E-state index >= 15 is 0 Å². The van der Waals surface area contributed by atoms with Crippen LogP contribution in [0.5, 0.6) is 0 Å². The summed E-state index contributed by atoms with van der Waals surface area (Å²) in [7, 11) is 0. The number of hydrogen-bond donors (Lipinski definition) is 2. The lowest BCUT2D eigenvalue weighted by Gasteiger charge is -2.14. The number of aliphatic hydroxyl groups is 1. The van der Waals surface area contributed by atoms with Crippen molar-refractivity contribution in [3.63, 3.8) is 0 Å². The maximum absolute atomic E-state index is 13.2. The van der Waals surface area contributed by atoms with Crippen molar-refractivity contribution in [1.29, 1.82) is 0 Å². The van der Waals surface area contributed by atoms with E-state index < -0.39 is 6.10 Å². The molecule has 0 radical (unpaired) electrons. The molecule has 1 aromatic carbocycles. The maximum Gasteiger partial charge on any atom is 0.146 e. The summed E-state index contributed by atoms with van der Waals surface area (Å²) in [6.45, 7) is 5.25. The number of aliphatic hydroxyl groups excluding tert-OH is 1. The molecule has 1 unspecified atom stereocenters. The quantitative estimate of drug-likeness (QED) is 0.769. The lowest BCUT2D eigenvalue weighted by atomic mass is 10.2. The van der Waals surface area contributed by atoms with Crippen LogP contribution >= 0.6 is 0 Å². The Bertz CT molecular complexity index is 331. The van der Waals surface area contributed by atoms with Gasteiger partial charge in [-0.3, -0.25) is 0 Å². The molecular weight excluding hydrogens is 221 g/mol. The van der Waals surface area contributed by atoms with E-state index in [4.69, 9.17) is 4.74 Å². The molecule has 0 bridgehead atoms. The highest BCUT2D eigenvalue weighted by Gasteiger charge is 2.06. The number of anilines is 1. The Morgan fingerprint density at radius 1 is 1.29 bits per heavy atom. The highest BCUT2D eigenvalue weighted by molar-refractivity contribution is 5.44. The summed E-state index contributed by atoms with van der Waals surface area (Å²) in [6, 6.07) is 6.39. The Morgan fingerprint density at radius 3 is 2.65 bits per heavy atom. The fourth-order valence-corrected chi connectivity index (χ4v) is 1.33. The highest BCUT2D eigenvalue weighted by atomic mass is 19.1. The van der Waals surface area contributed by atoms with Gasteiger partial charge in [0.05, 0.1) is 18.4 Å². The molecule has 0 saturated heterocycles. The predicted molar refractivity (Wildman–Crippen MR) is 66.6 cm³/mol. The van der Waals surface area contributed by atoms with E-state index in [0.717, 1.165) is 0 Å². The molecule has 1 rings (SSSR count). The van der Waals surface area contributed by atoms with Gasteiger partial charge in [-0.2, -0.15) is 0 Å². The zero-order valence-electron chi connectivity index (χ0n) is 10.3. The minimum atomic E-state index is -0.631. The van der Waals surface area contributed by atoms with Gasteiger partial charge in [0.25, 0.3) is 0 Å². The summed E-state index contributed by atoms with van der Waals surface area (Å²) < 4.78 is 18.5. The summed E-state index contributed by atoms with van der Waals surface area (Å²) in [5, 5.41) is 12.5. The van der Waals surface area contributed by atoms with E-state index in [1.165, 1.54) is 6.07 Å². The highest BCUT2D eigenvalue weighted by Crippen LogP contribution is 2.11. The van der Waals surface area contributed by atoms with Gasteiger partial charge in [-0.15, -0.1) is 0 Å². The second-order valence-corrected chi connectivity index (χ2v) is 4.45. The fraction of sp³-hybridized carbons (Fsp3) is 0.538. The van der Waals surface area contributed by atoms with Crippen LogP contribution in [0, 0.1) is 11.7 Å². The molecule has 2 N–H and O–H groups in total. The van der Waals surface area contributed by atoms with Gasteiger partial charge in [-0.05, 0) is 18.1 Å². The molecule has 1 aromatic rings. The van der Waals surface area contributed by atoms with Crippen molar-refractivity contribution < 1.29 is 14.2 Å². The van der Waals surface area contributed by atoms with Crippen LogP contribution in [0.25, 0.3) is 0 Å². The summed E-state index contributed by atoms with van der Waals surface area (Å²) in [6.07, 6.45) is -0.631. The Labute approximate surface area is 102 Å². The summed E-state index contributed by atoms with van der Waals surface area (Å²) in [5.41, 5.74) is 0.399. The van der Waals surface area contributed by atoms with Crippen molar-refractivity contribution in [2.75, 3.05) is 25.1 Å². The molecule has 0 aliphatic carbocycles. The second-order valence-electron chi connectivity index (χ2n) is 4.45. The smallest absolute Gasteiger partial charge is 0.146 e. The first kappa shape index (κ1) is 13.9. The Balaban J connectivity index is 2.24. The number of halogens is 1. The molecule has 0 amide bonds. The van der Waals surface area contributed by atoms with Gasteiger partial charge in [0, 0.05) is 13.2 Å². The first-order valence-electron chi connectivity index (χ1n) is 5.83. The standard InChI is InChI=1S/C13H20FNO2/c1-10(2)8-17-9-11(16)7-15-13-6-4-3-5-12(13)14/h3-6,10-11,15-16H,7-9H2,1-2H3. The Kier molecular flexibility index (Phi) is 5.94. The van der Waals surface area contributed by atoms with Crippen LogP contribution in [-0.2, 0) is 4.74 Å². The van der Waals surface area contributed by atoms with Crippen molar-refractivity contribution in [1.82, 2.24) is 0 Å². The average molecular weight is 241 g/mol. The molecule has 1 atom stereocenters. The first-order chi connectivity index (χ1) is 8.09. The fourth-order valence-electron chi connectivity index (χ4n) is 1.33. The monoisotopic (exact) mass is 241 g/mol. The third kappa shape index (κ3) is 5.65. The van der Waals surface area contributed by atoms with Gasteiger partial charge in [0.1, 0.15) is 5.82 Å². The first-order valence-corrected chi connectivity index (χ1v) is 5.83. The lowest BCUT2D eigenvalue weighted by Crippen LogP contribution is -2.26. The summed E-state index contributed by atoms with van der Waals surface area (Å²) in [4.78, 5) is 0. The molecule has 3 nitrogen and oxygen atoms in total. The minimum absolute atomic E-state index is 0.264. The summed E-state index contributed by atoms with van der Waals surface area (Å²) >= 11 is 0. The number of nitrogens with one attached hydrogen (secondary N) is 1. The van der Waals surface area contributed by atoms with Crippen molar-refractivity contribution in [2.24, 2.45) is 5.92 Å². The van der Waals surface area contributed by atoms with E-state index in [9.17, 15) is 9.50 Å². The number of rotatable bonds is 7. The van der Waals surface area contributed by atoms with Gasteiger partial charge in [-0.1, -0.05) is 26.0 Å². The summed E-state index contributed by atoms with van der Waals surface area (Å²) in [5.74, 6) is 0.129. The van der Waals surface area contributed by atoms with Crippen LogP contribution in [0.15, 0.2) is 24.3 Å². The third-order valence-corrected chi connectivity index (χ3v) is 2.16. The van der Waals surface area contributed by atoms with Crippen LogP contribution in [0.4, 0.5) is 10.1 Å². The Morgan fingerprint density at radius 2 is 2.00 bits per heavy atom. The SMILES string of the molecule is CC(C)COCC(O)CNc1ccccc1F. The molecule has 0 heterocycles. The topological polar surface area (TPSA) is 41.5 Å². The van der Waals surface area contributed by atoms with E-state index in [1.807, 2.05) is 13.8 Å². The zero-order valence-corrected chi connectivity index (χ0v) is 10.3. The molecular formula is C13H20FNO2. The molecule has 0 aromatic heterocycles. The van der Waals surface area contributed by atoms with Gasteiger partial charge < -0.3 is 15.2 Å². The molecule has 0 aliphatic rings. The van der Waals surface area contributed by atoms with E-state index in [0.29, 0.717) is 18.2 Å². The molecule has 4 heteroatoms. The van der Waals surface area contributed by atoms with Crippen molar-refractivity contribution >= 4 is 5.69 Å². The van der Waals surface area contributed by atoms with Crippen molar-refractivity contribution in [2.45, 2.75) is 20.0 Å². The molecule has 0 fully saturated rings. The zero-order chi connectivity index (χ0) is 12.7. The number of benzene rings is 1.